The molecule has 0 atom stereocenters. The normalized spacial score (nSPS) is 10.9. The molecule has 0 saturated heterocycles. The van der Waals surface area contributed by atoms with Gasteiger partial charge in [0.25, 0.3) is 0 Å². The van der Waals surface area contributed by atoms with E-state index in [1.807, 2.05) is 24.3 Å². The molecule has 0 fully saturated rings. The zero-order chi connectivity index (χ0) is 16.8. The number of nitrogens with one attached hydrogen (secondary N) is 1. The molecule has 0 aromatic heterocycles. The minimum Gasteiger partial charge on any atom is -0.445 e. The summed E-state index contributed by atoms with van der Waals surface area (Å²) in [6.45, 7) is 3.09. The molecule has 124 valence electrons. The monoisotopic (exact) mass is 321 g/mol. The van der Waals surface area contributed by atoms with Gasteiger partial charge >= 0.3 is 6.09 Å². The first-order valence-corrected chi connectivity index (χ1v) is 8.59. The molecule has 0 radical (unpaired) electrons. The Balaban J connectivity index is 1.80. The second-order valence-corrected chi connectivity index (χ2v) is 6.01. The van der Waals surface area contributed by atoms with Gasteiger partial charge in [-0.2, -0.15) is 0 Å². The molecule has 24 heavy (non-hydrogen) atoms. The topological polar surface area (TPSA) is 38.3 Å². The highest BCUT2D eigenvalue weighted by Crippen LogP contribution is 2.28. The van der Waals surface area contributed by atoms with Gasteiger partial charge in [-0.25, -0.2) is 4.79 Å². The van der Waals surface area contributed by atoms with E-state index in [9.17, 15) is 4.79 Å². The Morgan fingerprint density at radius 3 is 2.21 bits per heavy atom. The van der Waals surface area contributed by atoms with Gasteiger partial charge in [0.2, 0.25) is 0 Å². The summed E-state index contributed by atoms with van der Waals surface area (Å²) >= 11 is 0. The molecule has 1 N–H and O–H groups in total. The zero-order valence-electron chi connectivity index (χ0n) is 14.0. The van der Waals surface area contributed by atoms with E-state index in [4.69, 9.17) is 4.74 Å². The first-order valence-electron chi connectivity index (χ1n) is 8.59. The maximum Gasteiger partial charge on any atom is 0.407 e. The third-order valence-corrected chi connectivity index (χ3v) is 4.28. The van der Waals surface area contributed by atoms with Crippen LogP contribution in [0.5, 0.6) is 0 Å². The maximum atomic E-state index is 11.9. The largest absolute Gasteiger partial charge is 0.445 e. The highest BCUT2D eigenvalue weighted by molar-refractivity contribution is 6.02. The Hall–Kier alpha value is -2.55. The molecule has 3 aromatic rings. The van der Waals surface area contributed by atoms with Crippen molar-refractivity contribution in [1.29, 1.82) is 0 Å². The summed E-state index contributed by atoms with van der Waals surface area (Å²) in [7, 11) is 0. The van der Waals surface area contributed by atoms with Crippen molar-refractivity contribution in [3.05, 3.63) is 60.2 Å². The fourth-order valence-corrected chi connectivity index (χ4v) is 3.02. The minimum absolute atomic E-state index is 0.279. The van der Waals surface area contributed by atoms with Crippen LogP contribution in [0, 0.1) is 0 Å². The summed E-state index contributed by atoms with van der Waals surface area (Å²) in [5.41, 5.74) is 1.06. The van der Waals surface area contributed by atoms with Crippen LogP contribution in [0.15, 0.2) is 54.6 Å². The molecule has 3 rings (SSSR count). The molecule has 1 amide bonds. The molecular weight excluding hydrogens is 298 g/mol. The van der Waals surface area contributed by atoms with E-state index in [1.165, 1.54) is 0 Å². The Labute approximate surface area is 142 Å². The lowest BCUT2D eigenvalue weighted by Crippen LogP contribution is -2.25. The summed E-state index contributed by atoms with van der Waals surface area (Å²) in [4.78, 5) is 11.9. The maximum absolute atomic E-state index is 11.9. The number of carbonyl (C=O) groups is 1. The molecule has 0 spiro atoms. The van der Waals surface area contributed by atoms with Crippen LogP contribution < -0.4 is 5.32 Å². The molecule has 3 nitrogen and oxygen atoms in total. The molecule has 0 saturated carbocycles. The highest BCUT2D eigenvalue weighted by Gasteiger charge is 2.09. The van der Waals surface area contributed by atoms with Crippen LogP contribution >= 0.6 is 0 Å². The summed E-state index contributed by atoms with van der Waals surface area (Å²) in [5.74, 6) is 0. The number of ether oxygens (including phenoxy) is 1. The summed E-state index contributed by atoms with van der Waals surface area (Å²) in [6.07, 6.45) is 2.90. The van der Waals surface area contributed by atoms with Crippen molar-refractivity contribution < 1.29 is 9.53 Å². The number of fused-ring (bicyclic) bond motifs is 2. The van der Waals surface area contributed by atoms with Gasteiger partial charge in [-0.3, -0.25) is 0 Å². The molecule has 0 aliphatic rings. The quantitative estimate of drug-likeness (QED) is 0.487. The van der Waals surface area contributed by atoms with Crippen molar-refractivity contribution >= 4 is 27.6 Å². The number of amides is 1. The van der Waals surface area contributed by atoms with Gasteiger partial charge in [0.1, 0.15) is 6.61 Å². The number of hydrogen-bond acceptors (Lipinski definition) is 2. The van der Waals surface area contributed by atoms with Crippen LogP contribution in [0.2, 0.25) is 0 Å². The van der Waals surface area contributed by atoms with Crippen LogP contribution in [0.25, 0.3) is 21.5 Å². The second kappa shape index (κ2) is 7.82. The first kappa shape index (κ1) is 16.3. The van der Waals surface area contributed by atoms with Gasteiger partial charge in [-0.15, -0.1) is 0 Å². The third kappa shape index (κ3) is 3.67. The number of hydrogen-bond donors (Lipinski definition) is 1. The predicted octanol–water partition coefficient (Wildman–Crippen LogP) is 5.41. The van der Waals surface area contributed by atoms with Gasteiger partial charge in [-0.1, -0.05) is 68.3 Å². The van der Waals surface area contributed by atoms with E-state index < -0.39 is 0 Å². The Morgan fingerprint density at radius 1 is 0.958 bits per heavy atom. The van der Waals surface area contributed by atoms with E-state index in [2.05, 4.69) is 42.6 Å². The Bertz CT molecular complexity index is 787. The van der Waals surface area contributed by atoms with E-state index in [0.29, 0.717) is 6.54 Å². The van der Waals surface area contributed by atoms with Crippen LogP contribution in [0.3, 0.4) is 0 Å². The van der Waals surface area contributed by atoms with Crippen molar-refractivity contribution in [3.8, 4) is 0 Å². The molecule has 0 heterocycles. The average molecular weight is 321 g/mol. The average Bonchev–Trinajstić information content (AvgIpc) is 2.62. The summed E-state index contributed by atoms with van der Waals surface area (Å²) in [6, 6.07) is 18.6. The number of benzene rings is 3. The van der Waals surface area contributed by atoms with Crippen molar-refractivity contribution in [3.63, 3.8) is 0 Å². The van der Waals surface area contributed by atoms with Gasteiger partial charge in [-0.05, 0) is 34.0 Å². The van der Waals surface area contributed by atoms with Crippen LogP contribution in [-0.2, 0) is 11.3 Å². The van der Waals surface area contributed by atoms with Crippen LogP contribution in [0.1, 0.15) is 31.7 Å². The van der Waals surface area contributed by atoms with Gasteiger partial charge in [0, 0.05) is 12.1 Å². The first-order chi connectivity index (χ1) is 11.8. The predicted molar refractivity (Wildman–Crippen MR) is 99.2 cm³/mol. The Kier molecular flexibility index (Phi) is 5.32. The fourth-order valence-electron chi connectivity index (χ4n) is 3.02. The van der Waals surface area contributed by atoms with Crippen molar-refractivity contribution in [2.75, 3.05) is 6.54 Å². The number of rotatable bonds is 6. The minimum atomic E-state index is -0.344. The smallest absolute Gasteiger partial charge is 0.407 e. The molecule has 0 aliphatic heterocycles. The molecule has 0 bridgehead atoms. The highest BCUT2D eigenvalue weighted by atomic mass is 16.5. The van der Waals surface area contributed by atoms with E-state index in [1.54, 1.807) is 0 Å². The number of alkyl carbamates (subject to hydrolysis) is 1. The third-order valence-electron chi connectivity index (χ3n) is 4.28. The SMILES string of the molecule is CCCCCNC(=O)OCc1c2ccccc2cc2ccccc12. The lowest BCUT2D eigenvalue weighted by Gasteiger charge is -2.12. The van der Waals surface area contributed by atoms with Crippen molar-refractivity contribution in [2.24, 2.45) is 0 Å². The zero-order valence-corrected chi connectivity index (χ0v) is 14.0. The molecule has 3 heteroatoms. The van der Waals surface area contributed by atoms with E-state index >= 15 is 0 Å². The van der Waals surface area contributed by atoms with Crippen LogP contribution in [-0.4, -0.2) is 12.6 Å². The fraction of sp³-hybridized carbons (Fsp3) is 0.286. The molecule has 0 aliphatic carbocycles. The van der Waals surface area contributed by atoms with E-state index in [0.717, 1.165) is 46.4 Å². The lowest BCUT2D eigenvalue weighted by molar-refractivity contribution is 0.140. The van der Waals surface area contributed by atoms with Gasteiger partial charge < -0.3 is 10.1 Å². The molecular formula is C21H23NO2. The lowest BCUT2D eigenvalue weighted by atomic mass is 9.97. The number of carbonyl (C=O) groups excluding carboxylic acids is 1. The van der Waals surface area contributed by atoms with Crippen molar-refractivity contribution in [1.82, 2.24) is 5.32 Å². The molecule has 0 unspecified atom stereocenters. The Morgan fingerprint density at radius 2 is 1.58 bits per heavy atom. The summed E-state index contributed by atoms with van der Waals surface area (Å²) in [5, 5.41) is 7.42. The van der Waals surface area contributed by atoms with Crippen LogP contribution in [0.4, 0.5) is 4.79 Å². The van der Waals surface area contributed by atoms with E-state index in [-0.39, 0.29) is 12.7 Å². The standard InChI is InChI=1S/C21H23NO2/c1-2-3-8-13-22-21(23)24-15-20-18-11-6-4-9-16(18)14-17-10-5-7-12-19(17)20/h4-7,9-12,14H,2-3,8,13,15H2,1H3,(H,22,23). The van der Waals surface area contributed by atoms with Gasteiger partial charge in [0.05, 0.1) is 0 Å². The molecule has 3 aromatic carbocycles. The van der Waals surface area contributed by atoms with Crippen molar-refractivity contribution in [2.45, 2.75) is 32.8 Å². The second-order valence-electron chi connectivity index (χ2n) is 6.01. The van der Waals surface area contributed by atoms with Gasteiger partial charge in [0.15, 0.2) is 0 Å². The number of unbranched alkanes of at least 4 members (excludes halogenated alkanes) is 2. The summed E-state index contributed by atoms with van der Waals surface area (Å²) < 4.78 is 5.47.